The molecular formula is C16H35O4P. The van der Waals surface area contributed by atoms with Gasteiger partial charge in [0.2, 0.25) is 0 Å². The number of hydrogen-bond donors (Lipinski definition) is 0. The fourth-order valence-corrected chi connectivity index (χ4v) is 3.55. The quantitative estimate of drug-likeness (QED) is 0.286. The number of phosphoric acid groups is 1. The smallest absolute Gasteiger partial charge is 0.287 e. The maximum atomic E-state index is 12.8. The van der Waals surface area contributed by atoms with Crippen molar-refractivity contribution in [2.75, 3.05) is 6.61 Å². The van der Waals surface area contributed by atoms with Crippen LogP contribution in [0.3, 0.4) is 0 Å². The van der Waals surface area contributed by atoms with Crippen molar-refractivity contribution in [1.29, 1.82) is 0 Å². The van der Waals surface area contributed by atoms with Gasteiger partial charge in [0.1, 0.15) is 0 Å². The summed E-state index contributed by atoms with van der Waals surface area (Å²) in [4.78, 5) is 0. The lowest BCUT2D eigenvalue weighted by Gasteiger charge is -2.24. The normalized spacial score (nSPS) is 17.4. The summed E-state index contributed by atoms with van der Waals surface area (Å²) in [6.45, 7) is 10.6. The summed E-state index contributed by atoms with van der Waals surface area (Å²) in [6.07, 6.45) is 7.73. The summed E-state index contributed by atoms with van der Waals surface area (Å²) in [6, 6.07) is 0. The largest absolute Gasteiger partial charge is 0.475 e. The van der Waals surface area contributed by atoms with Crippen molar-refractivity contribution in [3.05, 3.63) is 0 Å². The van der Waals surface area contributed by atoms with Gasteiger partial charge in [0, 0.05) is 0 Å². The average Bonchev–Trinajstić information content (AvgIpc) is 2.43. The molecule has 0 fully saturated rings. The summed E-state index contributed by atoms with van der Waals surface area (Å²) in [7, 11) is -3.44. The summed E-state index contributed by atoms with van der Waals surface area (Å²) >= 11 is 0. The monoisotopic (exact) mass is 322 g/mol. The molecule has 0 radical (unpaired) electrons. The van der Waals surface area contributed by atoms with Crippen molar-refractivity contribution in [3.63, 3.8) is 0 Å². The fraction of sp³-hybridized carbons (Fsp3) is 1.00. The van der Waals surface area contributed by atoms with Crippen LogP contribution in [-0.4, -0.2) is 18.8 Å². The maximum absolute atomic E-state index is 12.8. The molecule has 0 N–H and O–H groups in total. The van der Waals surface area contributed by atoms with E-state index in [1.54, 1.807) is 0 Å². The Balaban J connectivity index is 4.48. The minimum atomic E-state index is -3.44. The van der Waals surface area contributed by atoms with E-state index in [4.69, 9.17) is 13.6 Å². The van der Waals surface area contributed by atoms with Crippen molar-refractivity contribution in [1.82, 2.24) is 0 Å². The zero-order valence-electron chi connectivity index (χ0n) is 14.6. The zero-order chi connectivity index (χ0) is 16.1. The SMILES string of the molecule is CCCCOP(=O)(OC(C)CCCC)OC(C)CCCC. The standard InChI is InChI=1S/C16H35O4P/c1-6-9-12-15(4)19-21(17,18-14-11-8-3)20-16(5)13-10-7-2/h15-16H,6-14H2,1-5H3. The highest BCUT2D eigenvalue weighted by Crippen LogP contribution is 2.52. The zero-order valence-corrected chi connectivity index (χ0v) is 15.5. The molecule has 0 aliphatic rings. The first-order valence-electron chi connectivity index (χ1n) is 8.58. The molecule has 0 aliphatic heterocycles. The molecule has 128 valence electrons. The van der Waals surface area contributed by atoms with Crippen LogP contribution in [-0.2, 0) is 18.1 Å². The lowest BCUT2D eigenvalue weighted by molar-refractivity contribution is 0.0555. The van der Waals surface area contributed by atoms with Crippen LogP contribution in [0.4, 0.5) is 0 Å². The van der Waals surface area contributed by atoms with E-state index in [-0.39, 0.29) is 12.2 Å². The molecule has 0 amide bonds. The summed E-state index contributed by atoms with van der Waals surface area (Å²) in [5, 5.41) is 0. The molecule has 5 heteroatoms. The number of hydrogen-bond acceptors (Lipinski definition) is 4. The second-order valence-electron chi connectivity index (χ2n) is 5.75. The van der Waals surface area contributed by atoms with E-state index in [9.17, 15) is 4.57 Å². The van der Waals surface area contributed by atoms with Gasteiger partial charge in [0.15, 0.2) is 0 Å². The summed E-state index contributed by atoms with van der Waals surface area (Å²) < 4.78 is 29.5. The van der Waals surface area contributed by atoms with Gasteiger partial charge in [-0.25, -0.2) is 4.57 Å². The van der Waals surface area contributed by atoms with Crippen LogP contribution < -0.4 is 0 Å². The minimum Gasteiger partial charge on any atom is -0.287 e. The van der Waals surface area contributed by atoms with E-state index in [1.807, 2.05) is 13.8 Å². The molecule has 0 spiro atoms. The average molecular weight is 322 g/mol. The van der Waals surface area contributed by atoms with E-state index < -0.39 is 7.82 Å². The van der Waals surface area contributed by atoms with E-state index in [0.717, 1.165) is 51.4 Å². The molecule has 0 aromatic heterocycles. The summed E-state index contributed by atoms with van der Waals surface area (Å²) in [5.41, 5.74) is 0. The van der Waals surface area contributed by atoms with Crippen LogP contribution in [0.1, 0.15) is 86.0 Å². The highest BCUT2D eigenvalue weighted by atomic mass is 31.2. The Morgan fingerprint density at radius 1 is 0.810 bits per heavy atom. The first-order valence-corrected chi connectivity index (χ1v) is 10.0. The lowest BCUT2D eigenvalue weighted by atomic mass is 10.2. The first-order chi connectivity index (χ1) is 9.97. The van der Waals surface area contributed by atoms with Crippen molar-refractivity contribution in [2.45, 2.75) is 98.2 Å². The molecule has 0 rings (SSSR count). The van der Waals surface area contributed by atoms with Gasteiger partial charge in [-0.05, 0) is 33.1 Å². The van der Waals surface area contributed by atoms with E-state index in [2.05, 4.69) is 20.8 Å². The van der Waals surface area contributed by atoms with Gasteiger partial charge in [-0.1, -0.05) is 52.9 Å². The van der Waals surface area contributed by atoms with Crippen LogP contribution >= 0.6 is 7.82 Å². The minimum absolute atomic E-state index is 0.101. The van der Waals surface area contributed by atoms with Gasteiger partial charge < -0.3 is 0 Å². The Hall–Kier alpha value is 0.110. The Bertz CT molecular complexity index is 263. The molecule has 21 heavy (non-hydrogen) atoms. The van der Waals surface area contributed by atoms with Crippen LogP contribution in [0, 0.1) is 0 Å². The molecule has 0 saturated heterocycles. The van der Waals surface area contributed by atoms with Gasteiger partial charge in [-0.2, -0.15) is 0 Å². The molecule has 0 aromatic rings. The Morgan fingerprint density at radius 2 is 1.24 bits per heavy atom. The first kappa shape index (κ1) is 21.1. The Kier molecular flexibility index (Phi) is 12.7. The second kappa shape index (κ2) is 12.6. The second-order valence-corrected chi connectivity index (χ2v) is 7.32. The number of phosphoric ester groups is 1. The van der Waals surface area contributed by atoms with Crippen LogP contribution in [0.25, 0.3) is 0 Å². The van der Waals surface area contributed by atoms with Crippen molar-refractivity contribution >= 4 is 7.82 Å². The molecule has 0 saturated carbocycles. The van der Waals surface area contributed by atoms with Crippen molar-refractivity contribution in [3.8, 4) is 0 Å². The third-order valence-electron chi connectivity index (χ3n) is 3.29. The Morgan fingerprint density at radius 3 is 1.62 bits per heavy atom. The molecule has 0 heterocycles. The molecule has 2 unspecified atom stereocenters. The molecule has 0 bridgehead atoms. The number of rotatable bonds is 14. The Labute approximate surface area is 131 Å². The molecule has 4 nitrogen and oxygen atoms in total. The predicted molar refractivity (Wildman–Crippen MR) is 88.6 cm³/mol. The van der Waals surface area contributed by atoms with Gasteiger partial charge in [0.25, 0.3) is 0 Å². The third kappa shape index (κ3) is 11.3. The molecule has 2 atom stereocenters. The van der Waals surface area contributed by atoms with E-state index in [0.29, 0.717) is 6.61 Å². The third-order valence-corrected chi connectivity index (χ3v) is 5.03. The molecule has 0 aliphatic carbocycles. The van der Waals surface area contributed by atoms with Gasteiger partial charge in [-0.3, -0.25) is 13.6 Å². The van der Waals surface area contributed by atoms with Gasteiger partial charge in [0.05, 0.1) is 18.8 Å². The van der Waals surface area contributed by atoms with Crippen LogP contribution in [0.15, 0.2) is 0 Å². The molecule has 0 aromatic carbocycles. The summed E-state index contributed by atoms with van der Waals surface area (Å²) in [5.74, 6) is 0. The predicted octanol–water partition coefficient (Wildman–Crippen LogP) is 6.10. The highest BCUT2D eigenvalue weighted by molar-refractivity contribution is 7.48. The van der Waals surface area contributed by atoms with E-state index in [1.165, 1.54) is 0 Å². The number of unbranched alkanes of at least 4 members (excludes halogenated alkanes) is 3. The molecular weight excluding hydrogens is 287 g/mol. The fourth-order valence-electron chi connectivity index (χ4n) is 1.94. The maximum Gasteiger partial charge on any atom is 0.475 e. The van der Waals surface area contributed by atoms with Gasteiger partial charge in [-0.15, -0.1) is 0 Å². The van der Waals surface area contributed by atoms with Gasteiger partial charge >= 0.3 is 7.82 Å². The van der Waals surface area contributed by atoms with E-state index >= 15 is 0 Å². The van der Waals surface area contributed by atoms with Crippen LogP contribution in [0.5, 0.6) is 0 Å². The topological polar surface area (TPSA) is 44.8 Å². The highest BCUT2D eigenvalue weighted by Gasteiger charge is 2.31. The van der Waals surface area contributed by atoms with Crippen molar-refractivity contribution < 1.29 is 18.1 Å². The van der Waals surface area contributed by atoms with Crippen LogP contribution in [0.2, 0.25) is 0 Å². The lowest BCUT2D eigenvalue weighted by Crippen LogP contribution is -2.14. The van der Waals surface area contributed by atoms with Crippen molar-refractivity contribution in [2.24, 2.45) is 0 Å².